The Morgan fingerprint density at radius 3 is 2.93 bits per heavy atom. The summed E-state index contributed by atoms with van der Waals surface area (Å²) in [5, 5.41) is 8.01. The number of amides is 1. The molecule has 0 radical (unpaired) electrons. The molecule has 7 heteroatoms. The van der Waals surface area contributed by atoms with Crippen LogP contribution in [0, 0.1) is 25.2 Å². The van der Waals surface area contributed by atoms with Crippen molar-refractivity contribution in [1.82, 2.24) is 20.5 Å². The quantitative estimate of drug-likeness (QED) is 0.691. The Hall–Kier alpha value is -1.02. The van der Waals surface area contributed by atoms with Crippen LogP contribution in [0.4, 0.5) is 0 Å². The number of hydrogen-bond donors (Lipinski definition) is 2. The molecule has 1 aromatic heterocycles. The lowest BCUT2D eigenvalue weighted by Gasteiger charge is -2.50. The number of nitrogens with one attached hydrogen (secondary N) is 2. The SMILES string of the molecule is Cc1nc(CCCNC(=O)[C@@]23CC[C@H](N4CCOCC4)C[C@H]2CCNC3)sc1C. The second kappa shape index (κ2) is 9.41. The van der Waals surface area contributed by atoms with E-state index in [0.29, 0.717) is 12.0 Å². The first-order chi connectivity index (χ1) is 14.1. The van der Waals surface area contributed by atoms with Crippen LogP contribution in [0.3, 0.4) is 0 Å². The van der Waals surface area contributed by atoms with Gasteiger partial charge in [-0.2, -0.15) is 0 Å². The molecule has 0 aromatic carbocycles. The number of hydrogen-bond acceptors (Lipinski definition) is 6. The van der Waals surface area contributed by atoms with Crippen molar-refractivity contribution in [2.45, 2.75) is 58.4 Å². The number of carbonyl (C=O) groups excluding carboxylic acids is 1. The summed E-state index contributed by atoms with van der Waals surface area (Å²) in [6, 6.07) is 0.624. The van der Waals surface area contributed by atoms with E-state index in [1.54, 1.807) is 11.3 Å². The molecule has 0 unspecified atom stereocenters. The molecule has 1 aromatic rings. The monoisotopic (exact) mass is 420 g/mol. The molecule has 1 aliphatic carbocycles. The van der Waals surface area contributed by atoms with Gasteiger partial charge in [0.2, 0.25) is 5.91 Å². The van der Waals surface area contributed by atoms with Crippen molar-refractivity contribution in [3.8, 4) is 0 Å². The normalized spacial score (nSPS) is 30.7. The molecule has 0 bridgehead atoms. The third kappa shape index (κ3) is 4.68. The Morgan fingerprint density at radius 1 is 1.34 bits per heavy atom. The Labute approximate surface area is 178 Å². The van der Waals surface area contributed by atoms with Gasteiger partial charge >= 0.3 is 0 Å². The number of fused-ring (bicyclic) bond motifs is 1. The second-order valence-corrected chi connectivity index (χ2v) is 10.3. The zero-order valence-corrected chi connectivity index (χ0v) is 18.8. The highest BCUT2D eigenvalue weighted by atomic mass is 32.1. The Balaban J connectivity index is 1.31. The number of rotatable bonds is 6. The van der Waals surface area contributed by atoms with Crippen molar-refractivity contribution < 1.29 is 9.53 Å². The highest BCUT2D eigenvalue weighted by molar-refractivity contribution is 7.11. The predicted molar refractivity (Wildman–Crippen MR) is 116 cm³/mol. The summed E-state index contributed by atoms with van der Waals surface area (Å²) < 4.78 is 5.53. The number of carbonyl (C=O) groups is 1. The van der Waals surface area contributed by atoms with Gasteiger partial charge in [0.15, 0.2) is 0 Å². The van der Waals surface area contributed by atoms with E-state index in [9.17, 15) is 4.79 Å². The second-order valence-electron chi connectivity index (χ2n) is 9.00. The number of nitrogens with zero attached hydrogens (tertiary/aromatic N) is 2. The van der Waals surface area contributed by atoms with Crippen LogP contribution in [0.1, 0.15) is 47.7 Å². The summed E-state index contributed by atoms with van der Waals surface area (Å²) in [4.78, 5) is 21.8. The van der Waals surface area contributed by atoms with Crippen molar-refractivity contribution in [1.29, 1.82) is 0 Å². The number of piperidine rings is 1. The minimum absolute atomic E-state index is 0.213. The Bertz CT molecular complexity index is 683. The van der Waals surface area contributed by atoms with Crippen LogP contribution in [0.2, 0.25) is 0 Å². The molecule has 2 saturated heterocycles. The summed E-state index contributed by atoms with van der Waals surface area (Å²) in [6.45, 7) is 10.6. The number of ether oxygens (including phenoxy) is 1. The van der Waals surface area contributed by atoms with Gasteiger partial charge in [0.25, 0.3) is 0 Å². The van der Waals surface area contributed by atoms with Crippen LogP contribution >= 0.6 is 11.3 Å². The van der Waals surface area contributed by atoms with Crippen LogP contribution < -0.4 is 10.6 Å². The molecule has 6 nitrogen and oxygen atoms in total. The van der Waals surface area contributed by atoms with Gasteiger partial charge in [-0.25, -0.2) is 4.98 Å². The van der Waals surface area contributed by atoms with Crippen molar-refractivity contribution in [3.05, 3.63) is 15.6 Å². The fourth-order valence-electron chi connectivity index (χ4n) is 5.43. The number of morpholine rings is 1. The summed E-state index contributed by atoms with van der Waals surface area (Å²) >= 11 is 1.78. The van der Waals surface area contributed by atoms with E-state index in [1.807, 2.05) is 0 Å². The lowest BCUT2D eigenvalue weighted by molar-refractivity contribution is -0.140. The van der Waals surface area contributed by atoms with Crippen LogP contribution in [0.25, 0.3) is 0 Å². The van der Waals surface area contributed by atoms with E-state index in [0.717, 1.165) is 90.2 Å². The Kier molecular flexibility index (Phi) is 6.89. The van der Waals surface area contributed by atoms with Gasteiger partial charge < -0.3 is 15.4 Å². The highest BCUT2D eigenvalue weighted by Crippen LogP contribution is 2.46. The van der Waals surface area contributed by atoms with Gasteiger partial charge in [0.05, 0.1) is 29.3 Å². The molecule has 162 valence electrons. The van der Waals surface area contributed by atoms with Crippen LogP contribution in [-0.4, -0.2) is 67.8 Å². The molecule has 1 amide bonds. The summed E-state index contributed by atoms with van der Waals surface area (Å²) in [7, 11) is 0. The van der Waals surface area contributed by atoms with E-state index in [1.165, 1.54) is 9.88 Å². The first-order valence-corrected chi connectivity index (χ1v) is 12.1. The summed E-state index contributed by atoms with van der Waals surface area (Å²) in [6.07, 6.45) is 6.32. The number of aromatic nitrogens is 1. The van der Waals surface area contributed by atoms with E-state index < -0.39 is 0 Å². The zero-order valence-electron chi connectivity index (χ0n) is 18.0. The van der Waals surface area contributed by atoms with Crippen molar-refractivity contribution in [2.75, 3.05) is 45.9 Å². The number of thiazole rings is 1. The van der Waals surface area contributed by atoms with Crippen LogP contribution in [0.15, 0.2) is 0 Å². The summed E-state index contributed by atoms with van der Waals surface area (Å²) in [5.41, 5.74) is 0.927. The smallest absolute Gasteiger partial charge is 0.227 e. The average molecular weight is 421 g/mol. The van der Waals surface area contributed by atoms with Crippen LogP contribution in [-0.2, 0) is 16.0 Å². The molecule has 2 N–H and O–H groups in total. The predicted octanol–water partition coefficient (Wildman–Crippen LogP) is 2.29. The molecule has 3 fully saturated rings. The molecule has 3 atom stereocenters. The minimum atomic E-state index is -0.213. The maximum atomic E-state index is 13.3. The molecule has 1 saturated carbocycles. The molecular weight excluding hydrogens is 384 g/mol. The third-order valence-electron chi connectivity index (χ3n) is 7.31. The van der Waals surface area contributed by atoms with Crippen molar-refractivity contribution >= 4 is 17.2 Å². The molecule has 0 spiro atoms. The molecule has 3 aliphatic rings. The Morgan fingerprint density at radius 2 is 2.17 bits per heavy atom. The fourth-order valence-corrected chi connectivity index (χ4v) is 6.41. The van der Waals surface area contributed by atoms with Gasteiger partial charge in [0, 0.05) is 43.5 Å². The fraction of sp³-hybridized carbons (Fsp3) is 0.818. The third-order valence-corrected chi connectivity index (χ3v) is 8.44. The molecule has 4 rings (SSSR count). The molecule has 2 aliphatic heterocycles. The van der Waals surface area contributed by atoms with E-state index >= 15 is 0 Å². The van der Waals surface area contributed by atoms with Gasteiger partial charge in [-0.1, -0.05) is 0 Å². The standard InChI is InChI=1S/C22H36N4O2S/c1-16-17(2)29-20(25-16)4-3-8-24-21(27)22-7-5-19(26-10-12-28-13-11-26)14-18(22)6-9-23-15-22/h18-19,23H,3-15H2,1-2H3,(H,24,27)/t18-,19+,22-/m1/s1. The lowest BCUT2D eigenvalue weighted by Crippen LogP contribution is -2.60. The van der Waals surface area contributed by atoms with Crippen molar-refractivity contribution in [3.63, 3.8) is 0 Å². The summed E-state index contributed by atoms with van der Waals surface area (Å²) in [5.74, 6) is 0.774. The highest BCUT2D eigenvalue weighted by Gasteiger charge is 2.50. The van der Waals surface area contributed by atoms with Gasteiger partial charge in [-0.3, -0.25) is 9.69 Å². The molecular formula is C22H36N4O2S. The van der Waals surface area contributed by atoms with E-state index in [-0.39, 0.29) is 11.3 Å². The van der Waals surface area contributed by atoms with Crippen LogP contribution in [0.5, 0.6) is 0 Å². The zero-order chi connectivity index (χ0) is 20.3. The van der Waals surface area contributed by atoms with Gasteiger partial charge in [0.1, 0.15) is 0 Å². The number of aryl methyl sites for hydroxylation is 3. The lowest BCUT2D eigenvalue weighted by atomic mass is 9.61. The maximum absolute atomic E-state index is 13.3. The van der Waals surface area contributed by atoms with Gasteiger partial charge in [-0.15, -0.1) is 11.3 Å². The molecule has 3 heterocycles. The van der Waals surface area contributed by atoms with Gasteiger partial charge in [-0.05, 0) is 58.4 Å². The average Bonchev–Trinajstić information content (AvgIpc) is 3.08. The first kappa shape index (κ1) is 21.2. The topological polar surface area (TPSA) is 66.5 Å². The van der Waals surface area contributed by atoms with Crippen molar-refractivity contribution in [2.24, 2.45) is 11.3 Å². The minimum Gasteiger partial charge on any atom is -0.379 e. The first-order valence-electron chi connectivity index (χ1n) is 11.3. The van der Waals surface area contributed by atoms with E-state index in [2.05, 4.69) is 34.4 Å². The maximum Gasteiger partial charge on any atom is 0.227 e. The van der Waals surface area contributed by atoms with E-state index in [4.69, 9.17) is 4.74 Å². The largest absolute Gasteiger partial charge is 0.379 e. The molecule has 29 heavy (non-hydrogen) atoms.